The number of carbonyl (C=O) groups is 2. The Kier molecular flexibility index (Phi) is 5.79. The molecular formula is C15H17F3N2O4. The number of halogens is 3. The van der Waals surface area contributed by atoms with E-state index in [1.54, 1.807) is 0 Å². The molecule has 0 aromatic heterocycles. The Bertz CT molecular complexity index is 619. The Labute approximate surface area is 136 Å². The summed E-state index contributed by atoms with van der Waals surface area (Å²) in [6, 6.07) is 3.33. The van der Waals surface area contributed by atoms with Crippen molar-refractivity contribution in [2.45, 2.75) is 12.6 Å². The van der Waals surface area contributed by atoms with Crippen LogP contribution in [-0.4, -0.2) is 45.3 Å². The molecule has 1 N–H and O–H groups in total. The van der Waals surface area contributed by atoms with Gasteiger partial charge >= 0.3 is 6.18 Å². The van der Waals surface area contributed by atoms with Gasteiger partial charge in [-0.15, -0.1) is 0 Å². The molecule has 9 heteroatoms. The maximum atomic E-state index is 13.3. The van der Waals surface area contributed by atoms with Crippen LogP contribution in [0.3, 0.4) is 0 Å². The summed E-state index contributed by atoms with van der Waals surface area (Å²) in [5.74, 6) is -0.996. The SMILES string of the molecule is COCCC(=O)Nc1ccc(N2CCOCC2=O)c(C(F)(F)F)c1. The van der Waals surface area contributed by atoms with E-state index >= 15 is 0 Å². The first kappa shape index (κ1) is 18.2. The van der Waals surface area contributed by atoms with Crippen molar-refractivity contribution in [3.63, 3.8) is 0 Å². The monoisotopic (exact) mass is 346 g/mol. The van der Waals surface area contributed by atoms with Crippen LogP contribution in [0.15, 0.2) is 18.2 Å². The molecule has 0 bridgehead atoms. The molecule has 0 radical (unpaired) electrons. The minimum Gasteiger partial charge on any atom is -0.384 e. The van der Waals surface area contributed by atoms with E-state index in [0.29, 0.717) is 0 Å². The number of carbonyl (C=O) groups excluding carboxylic acids is 2. The number of hydrogen-bond donors (Lipinski definition) is 1. The van der Waals surface area contributed by atoms with Gasteiger partial charge in [0.1, 0.15) is 6.61 Å². The molecule has 132 valence electrons. The molecule has 24 heavy (non-hydrogen) atoms. The Morgan fingerprint density at radius 3 is 2.79 bits per heavy atom. The Morgan fingerprint density at radius 1 is 1.42 bits per heavy atom. The molecule has 1 aromatic carbocycles. The predicted molar refractivity (Wildman–Crippen MR) is 79.7 cm³/mol. The molecule has 1 heterocycles. The average Bonchev–Trinajstić information content (AvgIpc) is 2.53. The highest BCUT2D eigenvalue weighted by Crippen LogP contribution is 2.38. The molecule has 0 atom stereocenters. The second-order valence-corrected chi connectivity index (χ2v) is 5.12. The Balaban J connectivity index is 2.29. The second kappa shape index (κ2) is 7.63. The average molecular weight is 346 g/mol. The van der Waals surface area contributed by atoms with Crippen molar-refractivity contribution in [1.82, 2.24) is 0 Å². The Hall–Kier alpha value is -2.13. The predicted octanol–water partition coefficient (Wildman–Crippen LogP) is 2.04. The van der Waals surface area contributed by atoms with Crippen molar-refractivity contribution in [3.8, 4) is 0 Å². The normalized spacial score (nSPS) is 15.5. The summed E-state index contributed by atoms with van der Waals surface area (Å²) in [6.45, 7) is 0.116. The number of ether oxygens (including phenoxy) is 2. The van der Waals surface area contributed by atoms with Crippen LogP contribution >= 0.6 is 0 Å². The summed E-state index contributed by atoms with van der Waals surface area (Å²) >= 11 is 0. The molecule has 1 fully saturated rings. The molecule has 6 nitrogen and oxygen atoms in total. The highest BCUT2D eigenvalue weighted by Gasteiger charge is 2.37. The second-order valence-electron chi connectivity index (χ2n) is 5.12. The van der Waals surface area contributed by atoms with Gasteiger partial charge in [-0.2, -0.15) is 13.2 Å². The molecule has 2 amide bonds. The van der Waals surface area contributed by atoms with Gasteiger partial charge in [0.25, 0.3) is 5.91 Å². The van der Waals surface area contributed by atoms with Crippen molar-refractivity contribution in [2.75, 3.05) is 43.7 Å². The number of hydrogen-bond acceptors (Lipinski definition) is 4. The van der Waals surface area contributed by atoms with E-state index < -0.39 is 23.6 Å². The van der Waals surface area contributed by atoms with Crippen LogP contribution in [0.2, 0.25) is 0 Å². The molecule has 0 spiro atoms. The fourth-order valence-electron chi connectivity index (χ4n) is 2.27. The van der Waals surface area contributed by atoms with Crippen LogP contribution in [0.1, 0.15) is 12.0 Å². The highest BCUT2D eigenvalue weighted by molar-refractivity contribution is 5.96. The number of methoxy groups -OCH3 is 1. The summed E-state index contributed by atoms with van der Waals surface area (Å²) < 4.78 is 49.7. The maximum Gasteiger partial charge on any atom is 0.418 e. The largest absolute Gasteiger partial charge is 0.418 e. The lowest BCUT2D eigenvalue weighted by Gasteiger charge is -2.29. The van der Waals surface area contributed by atoms with Gasteiger partial charge in [0.2, 0.25) is 5.91 Å². The number of anilines is 2. The topological polar surface area (TPSA) is 67.9 Å². The molecule has 1 aliphatic heterocycles. The van der Waals surface area contributed by atoms with Crippen molar-refractivity contribution in [2.24, 2.45) is 0 Å². The van der Waals surface area contributed by atoms with Crippen molar-refractivity contribution in [3.05, 3.63) is 23.8 Å². The van der Waals surface area contributed by atoms with Gasteiger partial charge in [0, 0.05) is 19.3 Å². The number of nitrogens with one attached hydrogen (secondary N) is 1. The smallest absolute Gasteiger partial charge is 0.384 e. The van der Waals surface area contributed by atoms with E-state index in [-0.39, 0.29) is 44.2 Å². The first-order valence-corrected chi connectivity index (χ1v) is 7.21. The fraction of sp³-hybridized carbons (Fsp3) is 0.467. The van der Waals surface area contributed by atoms with E-state index in [1.807, 2.05) is 0 Å². The van der Waals surface area contributed by atoms with E-state index in [4.69, 9.17) is 9.47 Å². The van der Waals surface area contributed by atoms with Gasteiger partial charge in [-0.3, -0.25) is 9.59 Å². The lowest BCUT2D eigenvalue weighted by molar-refractivity contribution is -0.137. The zero-order valence-corrected chi connectivity index (χ0v) is 13.0. The molecule has 1 aliphatic rings. The molecule has 0 saturated carbocycles. The van der Waals surface area contributed by atoms with Crippen molar-refractivity contribution < 1.29 is 32.2 Å². The van der Waals surface area contributed by atoms with Gasteiger partial charge in [-0.1, -0.05) is 0 Å². The third-order valence-electron chi connectivity index (χ3n) is 3.40. The third-order valence-corrected chi connectivity index (χ3v) is 3.40. The lowest BCUT2D eigenvalue weighted by Crippen LogP contribution is -2.42. The van der Waals surface area contributed by atoms with Gasteiger partial charge in [-0.05, 0) is 18.2 Å². The first-order valence-electron chi connectivity index (χ1n) is 7.21. The maximum absolute atomic E-state index is 13.3. The lowest BCUT2D eigenvalue weighted by atomic mass is 10.1. The zero-order valence-electron chi connectivity index (χ0n) is 13.0. The minimum absolute atomic E-state index is 0.00730. The van der Waals surface area contributed by atoms with Crippen LogP contribution in [0.4, 0.5) is 24.5 Å². The summed E-state index contributed by atoms with van der Waals surface area (Å²) in [5, 5.41) is 2.38. The quantitative estimate of drug-likeness (QED) is 0.886. The number of benzene rings is 1. The number of morpholine rings is 1. The van der Waals surface area contributed by atoms with E-state index in [9.17, 15) is 22.8 Å². The van der Waals surface area contributed by atoms with Crippen molar-refractivity contribution in [1.29, 1.82) is 0 Å². The summed E-state index contributed by atoms with van der Waals surface area (Å²) in [7, 11) is 1.42. The van der Waals surface area contributed by atoms with Gasteiger partial charge < -0.3 is 19.7 Å². The molecule has 0 aliphatic carbocycles. The summed E-state index contributed by atoms with van der Waals surface area (Å²) in [6.07, 6.45) is -4.64. The number of amides is 2. The van der Waals surface area contributed by atoms with Crippen LogP contribution in [0.5, 0.6) is 0 Å². The number of nitrogens with zero attached hydrogens (tertiary/aromatic N) is 1. The zero-order chi connectivity index (χ0) is 17.7. The standard InChI is InChI=1S/C15H17F3N2O4/c1-23-6-4-13(21)19-10-2-3-12(11(8-10)15(16,17)18)20-5-7-24-9-14(20)22/h2-3,8H,4-7,9H2,1H3,(H,19,21). The molecule has 2 rings (SSSR count). The van der Waals surface area contributed by atoms with Gasteiger partial charge in [0.05, 0.1) is 30.9 Å². The van der Waals surface area contributed by atoms with Gasteiger partial charge in [0.15, 0.2) is 0 Å². The van der Waals surface area contributed by atoms with E-state index in [1.165, 1.54) is 19.2 Å². The van der Waals surface area contributed by atoms with Gasteiger partial charge in [-0.25, -0.2) is 0 Å². The van der Waals surface area contributed by atoms with Crippen molar-refractivity contribution >= 4 is 23.2 Å². The Morgan fingerprint density at radius 2 is 2.17 bits per heavy atom. The molecule has 1 aromatic rings. The molecule has 0 unspecified atom stereocenters. The van der Waals surface area contributed by atoms with Crippen LogP contribution in [-0.2, 0) is 25.2 Å². The summed E-state index contributed by atoms with van der Waals surface area (Å²) in [5.41, 5.74) is -1.22. The highest BCUT2D eigenvalue weighted by atomic mass is 19.4. The first-order chi connectivity index (χ1) is 11.3. The third kappa shape index (κ3) is 4.45. The van der Waals surface area contributed by atoms with Crippen LogP contribution in [0.25, 0.3) is 0 Å². The fourth-order valence-corrected chi connectivity index (χ4v) is 2.27. The molecule has 1 saturated heterocycles. The summed E-state index contributed by atoms with van der Waals surface area (Å²) in [4.78, 5) is 24.5. The number of rotatable bonds is 5. The van der Waals surface area contributed by atoms with E-state index in [0.717, 1.165) is 11.0 Å². The van der Waals surface area contributed by atoms with E-state index in [2.05, 4.69) is 5.32 Å². The number of alkyl halides is 3. The minimum atomic E-state index is -4.67. The molecular weight excluding hydrogens is 329 g/mol. The van der Waals surface area contributed by atoms with Crippen LogP contribution < -0.4 is 10.2 Å². The van der Waals surface area contributed by atoms with Crippen LogP contribution in [0, 0.1) is 0 Å².